The van der Waals surface area contributed by atoms with Crippen molar-refractivity contribution in [3.05, 3.63) is 0 Å². The normalized spacial score (nSPS) is 39.8. The lowest BCUT2D eigenvalue weighted by molar-refractivity contribution is -0.182. The average Bonchev–Trinajstić information content (AvgIpc) is 2.29. The first-order valence-electron chi connectivity index (χ1n) is 8.45. The monoisotopic (exact) mass is 325 g/mol. The van der Waals surface area contributed by atoms with Gasteiger partial charge in [-0.25, -0.2) is 9.59 Å². The van der Waals surface area contributed by atoms with Crippen molar-refractivity contribution in [2.75, 3.05) is 0 Å². The van der Waals surface area contributed by atoms with Crippen molar-refractivity contribution < 1.29 is 24.5 Å². The lowest BCUT2D eigenvalue weighted by Gasteiger charge is -2.61. The molecule has 4 fully saturated rings. The predicted molar refractivity (Wildman–Crippen MR) is 82.9 cm³/mol. The summed E-state index contributed by atoms with van der Waals surface area (Å²) in [7, 11) is 0. The van der Waals surface area contributed by atoms with Crippen LogP contribution in [-0.4, -0.2) is 39.5 Å². The van der Waals surface area contributed by atoms with Crippen molar-refractivity contribution in [3.63, 3.8) is 0 Å². The Kier molecular flexibility index (Phi) is 3.67. The third-order valence-electron chi connectivity index (χ3n) is 5.60. The largest absolute Gasteiger partial charge is 0.480 e. The van der Waals surface area contributed by atoms with Crippen LogP contribution in [0, 0.1) is 17.3 Å². The van der Waals surface area contributed by atoms with Gasteiger partial charge in [0.15, 0.2) is 0 Å². The van der Waals surface area contributed by atoms with E-state index in [0.29, 0.717) is 18.3 Å². The second-order valence-electron chi connectivity index (χ2n) is 8.97. The summed E-state index contributed by atoms with van der Waals surface area (Å²) in [5.41, 5.74) is -1.98. The van der Waals surface area contributed by atoms with E-state index < -0.39 is 34.7 Å². The molecule has 0 aliphatic heterocycles. The summed E-state index contributed by atoms with van der Waals surface area (Å²) in [6.45, 7) is 5.24. The number of hydrogen-bond donors (Lipinski definition) is 3. The molecule has 0 radical (unpaired) electrons. The molecular formula is C17H27NO5. The van der Waals surface area contributed by atoms with Crippen LogP contribution in [0.15, 0.2) is 0 Å². The minimum absolute atomic E-state index is 0.364. The third-order valence-corrected chi connectivity index (χ3v) is 5.60. The van der Waals surface area contributed by atoms with Crippen LogP contribution in [-0.2, 0) is 9.53 Å². The summed E-state index contributed by atoms with van der Waals surface area (Å²) in [6, 6.07) is -1.00. The van der Waals surface area contributed by atoms with Crippen molar-refractivity contribution >= 4 is 12.1 Å². The Morgan fingerprint density at radius 3 is 2.17 bits per heavy atom. The maximum atomic E-state index is 12.1. The molecule has 0 aromatic carbocycles. The number of hydrogen-bond acceptors (Lipinski definition) is 4. The molecule has 130 valence electrons. The zero-order valence-corrected chi connectivity index (χ0v) is 14.1. The molecule has 0 aromatic heterocycles. The fourth-order valence-electron chi connectivity index (χ4n) is 5.52. The Hall–Kier alpha value is -1.30. The molecule has 4 aliphatic rings. The van der Waals surface area contributed by atoms with Crippen LogP contribution in [0.3, 0.4) is 0 Å². The van der Waals surface area contributed by atoms with Gasteiger partial charge in [0.25, 0.3) is 0 Å². The van der Waals surface area contributed by atoms with E-state index in [9.17, 15) is 19.8 Å². The van der Waals surface area contributed by atoms with E-state index in [1.165, 1.54) is 0 Å². The number of carboxylic acid groups (broad SMARTS) is 1. The molecule has 0 saturated heterocycles. The molecule has 6 heteroatoms. The average molecular weight is 325 g/mol. The van der Waals surface area contributed by atoms with E-state index in [0.717, 1.165) is 32.1 Å². The maximum absolute atomic E-state index is 12.1. The molecular weight excluding hydrogens is 298 g/mol. The number of amides is 1. The first kappa shape index (κ1) is 16.6. The highest BCUT2D eigenvalue weighted by atomic mass is 16.6. The highest BCUT2D eigenvalue weighted by Crippen LogP contribution is 2.62. The van der Waals surface area contributed by atoms with Gasteiger partial charge >= 0.3 is 12.1 Å². The third kappa shape index (κ3) is 3.18. The molecule has 0 spiro atoms. The van der Waals surface area contributed by atoms with E-state index in [2.05, 4.69) is 5.32 Å². The molecule has 1 amide bonds. The van der Waals surface area contributed by atoms with Gasteiger partial charge in [-0.2, -0.15) is 0 Å². The van der Waals surface area contributed by atoms with Crippen LogP contribution in [0.2, 0.25) is 0 Å². The van der Waals surface area contributed by atoms with Crippen molar-refractivity contribution in [1.82, 2.24) is 5.32 Å². The molecule has 3 atom stereocenters. The molecule has 2 unspecified atom stereocenters. The number of nitrogens with one attached hydrogen (secondary N) is 1. The van der Waals surface area contributed by atoms with Crippen LogP contribution in [0.25, 0.3) is 0 Å². The topological polar surface area (TPSA) is 95.9 Å². The van der Waals surface area contributed by atoms with Gasteiger partial charge in [-0.3, -0.25) is 0 Å². The first-order valence-corrected chi connectivity index (χ1v) is 8.45. The molecule has 0 aromatic rings. The standard InChI is InChI=1S/C17H27NO5/c1-15(2,3)23-14(21)18-12(13(19)20)16-5-10-4-11(6-16)8-17(22,7-10)9-16/h10-12,22H,4-9H2,1-3H3,(H,18,21)(H,19,20)/t10?,11?,12-,16?,17?/m1/s1. The number of aliphatic carboxylic acids is 1. The lowest BCUT2D eigenvalue weighted by Crippen LogP contribution is -2.64. The molecule has 4 bridgehead atoms. The number of carbonyl (C=O) groups excluding carboxylic acids is 1. The summed E-state index contributed by atoms with van der Waals surface area (Å²) in [5, 5.41) is 23.1. The second-order valence-corrected chi connectivity index (χ2v) is 8.97. The summed E-state index contributed by atoms with van der Waals surface area (Å²) < 4.78 is 5.23. The fourth-order valence-corrected chi connectivity index (χ4v) is 5.52. The van der Waals surface area contributed by atoms with Crippen molar-refractivity contribution in [2.24, 2.45) is 17.3 Å². The van der Waals surface area contributed by atoms with Crippen LogP contribution in [0.4, 0.5) is 4.79 Å². The SMILES string of the molecule is CC(C)(C)OC(=O)N[C@H](C(=O)O)C12CC3CC(CC(O)(C3)C1)C2. The van der Waals surface area contributed by atoms with Crippen LogP contribution in [0.5, 0.6) is 0 Å². The molecule has 6 nitrogen and oxygen atoms in total. The number of carboxylic acids is 1. The number of carbonyl (C=O) groups is 2. The summed E-state index contributed by atoms with van der Waals surface area (Å²) in [5.74, 6) is -0.312. The highest BCUT2D eigenvalue weighted by Gasteiger charge is 2.61. The van der Waals surface area contributed by atoms with E-state index in [1.807, 2.05) is 0 Å². The van der Waals surface area contributed by atoms with Gasteiger partial charge in [-0.15, -0.1) is 0 Å². The van der Waals surface area contributed by atoms with Gasteiger partial charge in [0.2, 0.25) is 0 Å². The quantitative estimate of drug-likeness (QED) is 0.740. The van der Waals surface area contributed by atoms with Gasteiger partial charge in [0.1, 0.15) is 11.6 Å². The molecule has 4 rings (SSSR count). The van der Waals surface area contributed by atoms with Crippen LogP contribution >= 0.6 is 0 Å². The Morgan fingerprint density at radius 1 is 1.17 bits per heavy atom. The second kappa shape index (κ2) is 5.10. The number of ether oxygens (including phenoxy) is 1. The van der Waals surface area contributed by atoms with Gasteiger partial charge < -0.3 is 20.3 Å². The van der Waals surface area contributed by atoms with Gasteiger partial charge in [0.05, 0.1) is 5.60 Å². The Labute approximate surface area is 136 Å². The van der Waals surface area contributed by atoms with Crippen molar-refractivity contribution in [3.8, 4) is 0 Å². The maximum Gasteiger partial charge on any atom is 0.408 e. The Balaban J connectivity index is 1.81. The summed E-state index contributed by atoms with van der Waals surface area (Å²) in [6.07, 6.45) is 3.89. The number of rotatable bonds is 3. The van der Waals surface area contributed by atoms with Gasteiger partial charge in [-0.1, -0.05) is 0 Å². The van der Waals surface area contributed by atoms with E-state index in [-0.39, 0.29) is 0 Å². The van der Waals surface area contributed by atoms with Gasteiger partial charge in [0, 0.05) is 5.41 Å². The van der Waals surface area contributed by atoms with E-state index in [4.69, 9.17) is 4.74 Å². The fraction of sp³-hybridized carbons (Fsp3) is 0.882. The molecule has 4 aliphatic carbocycles. The summed E-state index contributed by atoms with van der Waals surface area (Å²) in [4.78, 5) is 24.0. The summed E-state index contributed by atoms with van der Waals surface area (Å²) >= 11 is 0. The number of alkyl carbamates (subject to hydrolysis) is 1. The molecule has 0 heterocycles. The molecule has 3 N–H and O–H groups in total. The zero-order chi connectivity index (χ0) is 17.0. The van der Waals surface area contributed by atoms with Crippen LogP contribution in [0.1, 0.15) is 59.3 Å². The highest BCUT2D eigenvalue weighted by molar-refractivity contribution is 5.81. The van der Waals surface area contributed by atoms with Crippen LogP contribution < -0.4 is 5.32 Å². The Bertz CT molecular complexity index is 510. The first-order chi connectivity index (χ1) is 10.5. The minimum Gasteiger partial charge on any atom is -0.480 e. The van der Waals surface area contributed by atoms with E-state index in [1.54, 1.807) is 20.8 Å². The van der Waals surface area contributed by atoms with Gasteiger partial charge in [-0.05, 0) is 71.1 Å². The van der Waals surface area contributed by atoms with Crippen molar-refractivity contribution in [1.29, 1.82) is 0 Å². The number of aliphatic hydroxyl groups is 1. The molecule has 4 saturated carbocycles. The molecule has 23 heavy (non-hydrogen) atoms. The Morgan fingerprint density at radius 2 is 1.74 bits per heavy atom. The van der Waals surface area contributed by atoms with Crippen molar-refractivity contribution in [2.45, 2.75) is 76.5 Å². The van der Waals surface area contributed by atoms with E-state index >= 15 is 0 Å². The minimum atomic E-state index is -1.04. The predicted octanol–water partition coefficient (Wildman–Crippen LogP) is 2.30. The smallest absolute Gasteiger partial charge is 0.408 e. The lowest BCUT2D eigenvalue weighted by atomic mass is 9.46. The zero-order valence-electron chi connectivity index (χ0n) is 14.1.